The number of hydrogen-bond acceptors (Lipinski definition) is 2. The lowest BCUT2D eigenvalue weighted by Gasteiger charge is -2.13. The van der Waals surface area contributed by atoms with E-state index < -0.39 is 0 Å². The normalized spacial score (nSPS) is 10.5. The Bertz CT molecular complexity index is 878. The predicted octanol–water partition coefficient (Wildman–Crippen LogP) is 5.50. The minimum Gasteiger partial charge on any atom is -0.489 e. The summed E-state index contributed by atoms with van der Waals surface area (Å²) in [5, 5.41) is 0. The maximum Gasteiger partial charge on any atom is 0.150 e. The average molecular weight is 334 g/mol. The van der Waals surface area contributed by atoms with Crippen LogP contribution >= 0.6 is 0 Å². The molecular formula is C22H19FO2. The number of aryl methyl sites for hydroxylation is 2. The SMILES string of the molecule is Cc1cccc(C)c1-c1cc(COc2ccc(C=O)cc2)ccc1F. The first kappa shape index (κ1) is 16.9. The van der Waals surface area contributed by atoms with Crippen molar-refractivity contribution >= 4 is 6.29 Å². The van der Waals surface area contributed by atoms with Gasteiger partial charge in [0.2, 0.25) is 0 Å². The molecule has 0 spiro atoms. The summed E-state index contributed by atoms with van der Waals surface area (Å²) in [6.45, 7) is 4.30. The summed E-state index contributed by atoms with van der Waals surface area (Å²) < 4.78 is 20.1. The summed E-state index contributed by atoms with van der Waals surface area (Å²) >= 11 is 0. The molecule has 0 aliphatic carbocycles. The average Bonchev–Trinajstić information content (AvgIpc) is 2.62. The molecule has 0 amide bonds. The van der Waals surface area contributed by atoms with Gasteiger partial charge in [-0.3, -0.25) is 4.79 Å². The number of halogens is 1. The molecule has 25 heavy (non-hydrogen) atoms. The standard InChI is InChI=1S/C22H19FO2/c1-15-4-3-5-16(2)22(15)20-12-18(8-11-21(20)23)14-25-19-9-6-17(13-24)7-10-19/h3-13H,14H2,1-2H3. The Morgan fingerprint density at radius 2 is 1.64 bits per heavy atom. The highest BCUT2D eigenvalue weighted by Crippen LogP contribution is 2.30. The van der Waals surface area contributed by atoms with E-state index in [1.165, 1.54) is 6.07 Å². The molecule has 0 radical (unpaired) electrons. The van der Waals surface area contributed by atoms with E-state index >= 15 is 0 Å². The lowest BCUT2D eigenvalue weighted by molar-refractivity contribution is 0.112. The van der Waals surface area contributed by atoms with Gasteiger partial charge in [0.15, 0.2) is 0 Å². The maximum absolute atomic E-state index is 14.4. The Morgan fingerprint density at radius 3 is 2.28 bits per heavy atom. The van der Waals surface area contributed by atoms with Gasteiger partial charge in [0.05, 0.1) is 0 Å². The Balaban J connectivity index is 1.85. The summed E-state index contributed by atoms with van der Waals surface area (Å²) in [6, 6.07) is 17.9. The van der Waals surface area contributed by atoms with Crippen molar-refractivity contribution in [2.45, 2.75) is 20.5 Å². The molecule has 0 aromatic heterocycles. The van der Waals surface area contributed by atoms with Crippen LogP contribution in [0.1, 0.15) is 27.0 Å². The fourth-order valence-corrected chi connectivity index (χ4v) is 2.90. The van der Waals surface area contributed by atoms with Crippen molar-refractivity contribution < 1.29 is 13.9 Å². The van der Waals surface area contributed by atoms with E-state index in [2.05, 4.69) is 0 Å². The molecule has 0 unspecified atom stereocenters. The Labute approximate surface area is 146 Å². The molecule has 0 bridgehead atoms. The zero-order valence-corrected chi connectivity index (χ0v) is 14.3. The van der Waals surface area contributed by atoms with Crippen LogP contribution in [0.4, 0.5) is 4.39 Å². The lowest BCUT2D eigenvalue weighted by atomic mass is 9.94. The molecule has 0 fully saturated rings. The summed E-state index contributed by atoms with van der Waals surface area (Å²) in [6.07, 6.45) is 0.792. The van der Waals surface area contributed by atoms with Gasteiger partial charge in [0.1, 0.15) is 24.5 Å². The third-order valence-corrected chi connectivity index (χ3v) is 4.20. The molecule has 0 heterocycles. The highest BCUT2D eigenvalue weighted by atomic mass is 19.1. The van der Waals surface area contributed by atoms with Crippen LogP contribution in [0.3, 0.4) is 0 Å². The quantitative estimate of drug-likeness (QED) is 0.576. The molecule has 0 saturated carbocycles. The smallest absolute Gasteiger partial charge is 0.150 e. The van der Waals surface area contributed by atoms with Crippen LogP contribution in [0.15, 0.2) is 60.7 Å². The van der Waals surface area contributed by atoms with Crippen LogP contribution < -0.4 is 4.74 Å². The molecule has 3 rings (SSSR count). The minimum absolute atomic E-state index is 0.239. The van der Waals surface area contributed by atoms with E-state index in [0.29, 0.717) is 23.5 Å². The first-order valence-electron chi connectivity index (χ1n) is 8.11. The number of rotatable bonds is 5. The molecule has 0 N–H and O–H groups in total. The van der Waals surface area contributed by atoms with Crippen LogP contribution in [0.2, 0.25) is 0 Å². The molecule has 3 heteroatoms. The second kappa shape index (κ2) is 7.31. The molecule has 0 aliphatic heterocycles. The molecule has 0 atom stereocenters. The Morgan fingerprint density at radius 1 is 0.960 bits per heavy atom. The fraction of sp³-hybridized carbons (Fsp3) is 0.136. The van der Waals surface area contributed by atoms with Crippen LogP contribution in [0.5, 0.6) is 5.75 Å². The zero-order valence-electron chi connectivity index (χ0n) is 14.3. The minimum atomic E-state index is -0.239. The first-order chi connectivity index (χ1) is 12.1. The van der Waals surface area contributed by atoms with Gasteiger partial charge >= 0.3 is 0 Å². The number of carbonyl (C=O) groups is 1. The Hall–Kier alpha value is -2.94. The molecule has 0 aliphatic rings. The second-order valence-electron chi connectivity index (χ2n) is 6.06. The van der Waals surface area contributed by atoms with E-state index in [1.54, 1.807) is 30.3 Å². The van der Waals surface area contributed by atoms with Crippen molar-refractivity contribution in [2.75, 3.05) is 0 Å². The summed E-state index contributed by atoms with van der Waals surface area (Å²) in [5.74, 6) is 0.431. The fourth-order valence-electron chi connectivity index (χ4n) is 2.90. The topological polar surface area (TPSA) is 26.3 Å². The maximum atomic E-state index is 14.4. The van der Waals surface area contributed by atoms with Crippen LogP contribution in [-0.2, 0) is 6.61 Å². The summed E-state index contributed by atoms with van der Waals surface area (Å²) in [7, 11) is 0. The van der Waals surface area contributed by atoms with E-state index in [4.69, 9.17) is 4.74 Å². The van der Waals surface area contributed by atoms with Crippen molar-refractivity contribution in [3.63, 3.8) is 0 Å². The van der Waals surface area contributed by atoms with Gasteiger partial charge < -0.3 is 4.74 Å². The number of ether oxygens (including phenoxy) is 1. The zero-order chi connectivity index (χ0) is 17.8. The van der Waals surface area contributed by atoms with Crippen LogP contribution in [-0.4, -0.2) is 6.29 Å². The van der Waals surface area contributed by atoms with Gasteiger partial charge in [-0.1, -0.05) is 24.3 Å². The lowest BCUT2D eigenvalue weighted by Crippen LogP contribution is -1.98. The van der Waals surface area contributed by atoms with Gasteiger partial charge in [0.25, 0.3) is 0 Å². The van der Waals surface area contributed by atoms with E-state index in [9.17, 15) is 9.18 Å². The summed E-state index contributed by atoms with van der Waals surface area (Å²) in [4.78, 5) is 10.7. The third kappa shape index (κ3) is 3.77. The van der Waals surface area contributed by atoms with Gasteiger partial charge in [-0.15, -0.1) is 0 Å². The van der Waals surface area contributed by atoms with Crippen molar-refractivity contribution in [3.8, 4) is 16.9 Å². The molecular weight excluding hydrogens is 315 g/mol. The highest BCUT2D eigenvalue weighted by molar-refractivity contribution is 5.75. The number of benzene rings is 3. The Kier molecular flexibility index (Phi) is 4.94. The first-order valence-corrected chi connectivity index (χ1v) is 8.11. The largest absolute Gasteiger partial charge is 0.489 e. The van der Waals surface area contributed by atoms with Crippen molar-refractivity contribution in [1.82, 2.24) is 0 Å². The van der Waals surface area contributed by atoms with Crippen molar-refractivity contribution in [2.24, 2.45) is 0 Å². The van der Waals surface area contributed by atoms with Gasteiger partial charge in [-0.25, -0.2) is 4.39 Å². The third-order valence-electron chi connectivity index (χ3n) is 4.20. The van der Waals surface area contributed by atoms with Gasteiger partial charge in [-0.05, 0) is 72.5 Å². The molecule has 3 aromatic carbocycles. The molecule has 3 aromatic rings. The van der Waals surface area contributed by atoms with Crippen molar-refractivity contribution in [3.05, 3.63) is 88.7 Å². The van der Waals surface area contributed by atoms with Crippen molar-refractivity contribution in [1.29, 1.82) is 0 Å². The second-order valence-corrected chi connectivity index (χ2v) is 6.06. The highest BCUT2D eigenvalue weighted by Gasteiger charge is 2.11. The number of aldehydes is 1. The van der Waals surface area contributed by atoms with Crippen LogP contribution in [0, 0.1) is 19.7 Å². The molecule has 126 valence electrons. The number of carbonyl (C=O) groups excluding carboxylic acids is 1. The molecule has 0 saturated heterocycles. The summed E-state index contributed by atoms with van der Waals surface area (Å²) in [5.41, 5.74) is 5.10. The van der Waals surface area contributed by atoms with Gasteiger partial charge in [0, 0.05) is 11.1 Å². The van der Waals surface area contributed by atoms with E-state index in [0.717, 1.165) is 28.5 Å². The number of hydrogen-bond donors (Lipinski definition) is 0. The van der Waals surface area contributed by atoms with E-state index in [-0.39, 0.29) is 5.82 Å². The predicted molar refractivity (Wildman–Crippen MR) is 97.5 cm³/mol. The van der Waals surface area contributed by atoms with E-state index in [1.807, 2.05) is 38.1 Å². The monoisotopic (exact) mass is 334 g/mol. The van der Waals surface area contributed by atoms with Crippen LogP contribution in [0.25, 0.3) is 11.1 Å². The van der Waals surface area contributed by atoms with Gasteiger partial charge in [-0.2, -0.15) is 0 Å². The molecule has 2 nitrogen and oxygen atoms in total.